The molecule has 0 radical (unpaired) electrons. The Balaban J connectivity index is 1.55. The summed E-state index contributed by atoms with van der Waals surface area (Å²) < 4.78 is 55.6. The van der Waals surface area contributed by atoms with Crippen molar-refractivity contribution in [3.8, 4) is 0 Å². The molecule has 0 amide bonds. The highest BCUT2D eigenvalue weighted by molar-refractivity contribution is 7.89. The zero-order chi connectivity index (χ0) is 18.5. The molecule has 2 fully saturated rings. The number of hydrogen-bond acceptors (Lipinski definition) is 6. The molecule has 0 bridgehead atoms. The first-order chi connectivity index (χ1) is 12.3. The van der Waals surface area contributed by atoms with E-state index in [2.05, 4.69) is 14.3 Å². The molecular weight excluding hydrogens is 382 g/mol. The molecule has 2 aromatic rings. The fourth-order valence-electron chi connectivity index (χ4n) is 3.49. The highest BCUT2D eigenvalue weighted by Crippen LogP contribution is 2.66. The van der Waals surface area contributed by atoms with Crippen LogP contribution in [0.5, 0.6) is 0 Å². The smallest absolute Gasteiger partial charge is 0.266 e. The molecule has 4 rings (SSSR count). The van der Waals surface area contributed by atoms with Crippen molar-refractivity contribution in [1.82, 2.24) is 9.36 Å². The number of anilines is 1. The SMILES string of the molecule is NS(=O)(=O)c1ccc([C@@H]2[C@@H](c3nsc(N4CCCCC4)n3)C2(F)F)cc1. The minimum Gasteiger partial charge on any atom is -0.347 e. The molecule has 1 saturated carbocycles. The molecule has 1 aliphatic heterocycles. The number of benzene rings is 1. The first-order valence-corrected chi connectivity index (χ1v) is 10.7. The molecule has 10 heteroatoms. The summed E-state index contributed by atoms with van der Waals surface area (Å²) in [5, 5.41) is 5.74. The molecule has 26 heavy (non-hydrogen) atoms. The first-order valence-electron chi connectivity index (χ1n) is 8.37. The number of hydrogen-bond donors (Lipinski definition) is 1. The zero-order valence-corrected chi connectivity index (χ0v) is 15.4. The van der Waals surface area contributed by atoms with Gasteiger partial charge in [0.15, 0.2) is 5.82 Å². The van der Waals surface area contributed by atoms with Crippen molar-refractivity contribution in [1.29, 1.82) is 0 Å². The highest BCUT2D eigenvalue weighted by atomic mass is 32.2. The summed E-state index contributed by atoms with van der Waals surface area (Å²) in [7, 11) is -3.84. The molecule has 1 aromatic heterocycles. The van der Waals surface area contributed by atoms with Crippen LogP contribution in [0.25, 0.3) is 0 Å². The average Bonchev–Trinajstić information content (AvgIpc) is 2.95. The maximum absolute atomic E-state index is 14.4. The van der Waals surface area contributed by atoms with Crippen molar-refractivity contribution < 1.29 is 17.2 Å². The molecule has 1 aromatic carbocycles. The van der Waals surface area contributed by atoms with Crippen molar-refractivity contribution in [2.24, 2.45) is 5.14 Å². The van der Waals surface area contributed by atoms with Crippen LogP contribution >= 0.6 is 11.5 Å². The van der Waals surface area contributed by atoms with E-state index in [1.54, 1.807) is 0 Å². The second-order valence-electron chi connectivity index (χ2n) is 6.73. The van der Waals surface area contributed by atoms with Gasteiger partial charge in [0.25, 0.3) is 5.92 Å². The number of primary sulfonamides is 1. The van der Waals surface area contributed by atoms with Gasteiger partial charge in [-0.25, -0.2) is 27.3 Å². The third-order valence-corrected chi connectivity index (χ3v) is 6.68. The van der Waals surface area contributed by atoms with E-state index in [1.807, 2.05) is 0 Å². The van der Waals surface area contributed by atoms with Crippen LogP contribution in [0.2, 0.25) is 0 Å². The standard InChI is InChI=1S/C16H18F2N4O2S2/c17-16(18)12(10-4-6-11(7-5-10)26(19,23)24)13(16)14-20-15(25-21-14)22-8-2-1-3-9-22/h4-7,12-13H,1-3,8-9H2,(H2,19,23,24)/t12-,13+/m1/s1. The molecule has 2 aliphatic rings. The summed E-state index contributed by atoms with van der Waals surface area (Å²) in [6, 6.07) is 5.28. The Hall–Kier alpha value is -1.65. The van der Waals surface area contributed by atoms with Crippen LogP contribution in [0.15, 0.2) is 29.2 Å². The van der Waals surface area contributed by atoms with Crippen LogP contribution < -0.4 is 10.0 Å². The van der Waals surface area contributed by atoms with Crippen LogP contribution in [0.1, 0.15) is 42.5 Å². The largest absolute Gasteiger partial charge is 0.347 e. The lowest BCUT2D eigenvalue weighted by molar-refractivity contribution is 0.104. The summed E-state index contributed by atoms with van der Waals surface area (Å²) >= 11 is 1.16. The van der Waals surface area contributed by atoms with Crippen LogP contribution in [-0.2, 0) is 10.0 Å². The Morgan fingerprint density at radius 1 is 1.12 bits per heavy atom. The van der Waals surface area contributed by atoms with Crippen LogP contribution in [0.4, 0.5) is 13.9 Å². The third kappa shape index (κ3) is 3.10. The van der Waals surface area contributed by atoms with Gasteiger partial charge in [-0.3, -0.25) is 0 Å². The number of nitrogens with zero attached hydrogens (tertiary/aromatic N) is 3. The maximum Gasteiger partial charge on any atom is 0.266 e. The zero-order valence-electron chi connectivity index (χ0n) is 13.8. The lowest BCUT2D eigenvalue weighted by Gasteiger charge is -2.25. The summed E-state index contributed by atoms with van der Waals surface area (Å²) in [4.78, 5) is 6.36. The fourth-order valence-corrected chi connectivity index (χ4v) is 4.77. The molecule has 0 unspecified atom stereocenters. The third-order valence-electron chi connectivity index (χ3n) is 4.96. The molecule has 2 N–H and O–H groups in total. The van der Waals surface area contributed by atoms with Crippen molar-refractivity contribution in [3.05, 3.63) is 35.7 Å². The van der Waals surface area contributed by atoms with Crippen molar-refractivity contribution in [2.75, 3.05) is 18.0 Å². The molecule has 2 heterocycles. The number of nitrogens with two attached hydrogens (primary N) is 1. The average molecular weight is 400 g/mol. The van der Waals surface area contributed by atoms with Gasteiger partial charge in [0.2, 0.25) is 15.2 Å². The quantitative estimate of drug-likeness (QED) is 0.852. The van der Waals surface area contributed by atoms with Gasteiger partial charge >= 0.3 is 0 Å². The molecule has 6 nitrogen and oxygen atoms in total. The topological polar surface area (TPSA) is 89.2 Å². The van der Waals surface area contributed by atoms with Gasteiger partial charge < -0.3 is 4.90 Å². The van der Waals surface area contributed by atoms with Crippen molar-refractivity contribution >= 4 is 26.7 Å². The molecule has 2 atom stereocenters. The van der Waals surface area contributed by atoms with E-state index in [0.29, 0.717) is 10.7 Å². The summed E-state index contributed by atoms with van der Waals surface area (Å²) in [6.07, 6.45) is 3.33. The van der Waals surface area contributed by atoms with Gasteiger partial charge in [0.05, 0.1) is 16.7 Å². The van der Waals surface area contributed by atoms with Crippen LogP contribution in [0.3, 0.4) is 0 Å². The van der Waals surface area contributed by atoms with E-state index in [4.69, 9.17) is 5.14 Å². The van der Waals surface area contributed by atoms with E-state index in [-0.39, 0.29) is 10.7 Å². The van der Waals surface area contributed by atoms with Gasteiger partial charge in [-0.2, -0.15) is 4.37 Å². The molecule has 1 aliphatic carbocycles. The second-order valence-corrected chi connectivity index (χ2v) is 9.02. The van der Waals surface area contributed by atoms with E-state index < -0.39 is 27.8 Å². The van der Waals surface area contributed by atoms with Crippen molar-refractivity contribution in [3.63, 3.8) is 0 Å². The number of sulfonamides is 1. The van der Waals surface area contributed by atoms with Crippen LogP contribution in [0, 0.1) is 0 Å². The van der Waals surface area contributed by atoms with Crippen LogP contribution in [-0.4, -0.2) is 36.8 Å². The van der Waals surface area contributed by atoms with Gasteiger partial charge in [0.1, 0.15) is 0 Å². The number of piperidine rings is 1. The van der Waals surface area contributed by atoms with Gasteiger partial charge in [-0.1, -0.05) is 12.1 Å². The minimum absolute atomic E-state index is 0.0964. The maximum atomic E-state index is 14.4. The van der Waals surface area contributed by atoms with Gasteiger partial charge in [0, 0.05) is 24.6 Å². The monoisotopic (exact) mass is 400 g/mol. The number of alkyl halides is 2. The van der Waals surface area contributed by atoms with E-state index in [0.717, 1.165) is 37.5 Å². The Morgan fingerprint density at radius 3 is 2.38 bits per heavy atom. The Morgan fingerprint density at radius 2 is 1.77 bits per heavy atom. The fraction of sp³-hybridized carbons (Fsp3) is 0.500. The second kappa shape index (κ2) is 6.21. The summed E-state index contributed by atoms with van der Waals surface area (Å²) in [5.74, 6) is -4.89. The Labute approximate surface area is 154 Å². The number of rotatable bonds is 4. The predicted octanol–water partition coefficient (Wildman–Crippen LogP) is 2.69. The number of halogens is 2. The molecule has 1 saturated heterocycles. The molecular formula is C16H18F2N4O2S2. The van der Waals surface area contributed by atoms with Crippen molar-refractivity contribution in [2.45, 2.75) is 41.9 Å². The normalized spacial score (nSPS) is 25.3. The minimum atomic E-state index is -3.84. The van der Waals surface area contributed by atoms with E-state index in [1.165, 1.54) is 30.7 Å². The highest BCUT2D eigenvalue weighted by Gasteiger charge is 2.71. The van der Waals surface area contributed by atoms with E-state index >= 15 is 0 Å². The first kappa shape index (κ1) is 17.7. The Kier molecular flexibility index (Phi) is 4.24. The lowest BCUT2D eigenvalue weighted by atomic mass is 10.1. The van der Waals surface area contributed by atoms with Gasteiger partial charge in [-0.05, 0) is 37.0 Å². The summed E-state index contributed by atoms with van der Waals surface area (Å²) in [6.45, 7) is 1.77. The predicted molar refractivity (Wildman–Crippen MR) is 94.2 cm³/mol. The summed E-state index contributed by atoms with van der Waals surface area (Å²) in [5.41, 5.74) is 0.363. The number of aromatic nitrogens is 2. The lowest BCUT2D eigenvalue weighted by Crippen LogP contribution is -2.29. The van der Waals surface area contributed by atoms with E-state index in [9.17, 15) is 17.2 Å². The molecule has 140 valence electrons. The Bertz CT molecular complexity index is 909. The van der Waals surface area contributed by atoms with Gasteiger partial charge in [-0.15, -0.1) is 0 Å². The molecule has 0 spiro atoms.